The van der Waals surface area contributed by atoms with Crippen LogP contribution in [0.2, 0.25) is 0 Å². The van der Waals surface area contributed by atoms with Crippen molar-refractivity contribution in [1.82, 2.24) is 9.88 Å². The van der Waals surface area contributed by atoms with Crippen LogP contribution in [0.1, 0.15) is 21.0 Å². The van der Waals surface area contributed by atoms with Gasteiger partial charge < -0.3 is 10.0 Å². The first kappa shape index (κ1) is 11.7. The maximum atomic E-state index is 11.7. The van der Waals surface area contributed by atoms with Crippen molar-refractivity contribution in [3.05, 3.63) is 29.6 Å². The van der Waals surface area contributed by atoms with Crippen LogP contribution in [0.4, 0.5) is 0 Å². The first-order valence-corrected chi connectivity index (χ1v) is 4.45. The number of terminal acetylenes is 1. The highest BCUT2D eigenvalue weighted by Gasteiger charge is 2.14. The summed E-state index contributed by atoms with van der Waals surface area (Å²) in [7, 11) is 1.53. The summed E-state index contributed by atoms with van der Waals surface area (Å²) in [6, 6.07) is 4.23. The molecule has 0 aliphatic rings. The van der Waals surface area contributed by atoms with E-state index in [9.17, 15) is 9.59 Å². The number of aromatic nitrogens is 1. The van der Waals surface area contributed by atoms with Gasteiger partial charge in [-0.1, -0.05) is 12.0 Å². The quantitative estimate of drug-likeness (QED) is 0.749. The molecule has 1 heterocycles. The molecule has 0 spiro atoms. The Hall–Kier alpha value is -2.35. The van der Waals surface area contributed by atoms with Crippen LogP contribution in [0.3, 0.4) is 0 Å². The number of amides is 1. The zero-order chi connectivity index (χ0) is 12.1. The standard InChI is InChI=1S/C11H10N2O3/c1-3-7-13(2)10(14)8-5-4-6-9(12-8)11(15)16/h1,4-6H,7H2,2H3,(H,15,16). The first-order chi connectivity index (χ1) is 7.56. The number of carboxylic acids is 1. The van der Waals surface area contributed by atoms with E-state index in [0.29, 0.717) is 0 Å². The molecule has 82 valence electrons. The van der Waals surface area contributed by atoms with Crippen molar-refractivity contribution in [3.8, 4) is 12.3 Å². The Morgan fingerprint density at radius 1 is 1.50 bits per heavy atom. The Balaban J connectivity index is 2.97. The van der Waals surface area contributed by atoms with Crippen molar-refractivity contribution in [2.75, 3.05) is 13.6 Å². The van der Waals surface area contributed by atoms with Gasteiger partial charge in [-0.15, -0.1) is 6.42 Å². The average Bonchev–Trinajstić information content (AvgIpc) is 2.28. The number of pyridine rings is 1. The third-order valence-corrected chi connectivity index (χ3v) is 1.86. The van der Waals surface area contributed by atoms with Crippen LogP contribution < -0.4 is 0 Å². The summed E-state index contributed by atoms with van der Waals surface area (Å²) in [5, 5.41) is 8.71. The van der Waals surface area contributed by atoms with Gasteiger partial charge in [-0.25, -0.2) is 9.78 Å². The van der Waals surface area contributed by atoms with Crippen LogP contribution in [-0.2, 0) is 0 Å². The fourth-order valence-electron chi connectivity index (χ4n) is 1.08. The second-order valence-electron chi connectivity index (χ2n) is 3.08. The van der Waals surface area contributed by atoms with E-state index in [-0.39, 0.29) is 17.9 Å². The molecule has 1 N–H and O–H groups in total. The Labute approximate surface area is 92.7 Å². The predicted octanol–water partition coefficient (Wildman–Crippen LogP) is 0.485. The molecule has 0 bridgehead atoms. The molecule has 1 aromatic rings. The van der Waals surface area contributed by atoms with Crippen molar-refractivity contribution < 1.29 is 14.7 Å². The highest BCUT2D eigenvalue weighted by atomic mass is 16.4. The van der Waals surface area contributed by atoms with E-state index >= 15 is 0 Å². The smallest absolute Gasteiger partial charge is 0.354 e. The lowest BCUT2D eigenvalue weighted by atomic mass is 10.3. The molecular formula is C11H10N2O3. The van der Waals surface area contributed by atoms with Crippen molar-refractivity contribution in [2.45, 2.75) is 0 Å². The van der Waals surface area contributed by atoms with Gasteiger partial charge in [-0.05, 0) is 12.1 Å². The van der Waals surface area contributed by atoms with Crippen LogP contribution in [0.15, 0.2) is 18.2 Å². The molecule has 1 aromatic heterocycles. The molecule has 0 saturated carbocycles. The minimum absolute atomic E-state index is 0.0673. The highest BCUT2D eigenvalue weighted by Crippen LogP contribution is 2.02. The number of aromatic carboxylic acids is 1. The number of hydrogen-bond acceptors (Lipinski definition) is 3. The maximum Gasteiger partial charge on any atom is 0.354 e. The second-order valence-corrected chi connectivity index (χ2v) is 3.08. The van der Waals surface area contributed by atoms with Gasteiger partial charge in [0.05, 0.1) is 6.54 Å². The monoisotopic (exact) mass is 218 g/mol. The number of carbonyl (C=O) groups is 2. The molecular weight excluding hydrogens is 208 g/mol. The number of hydrogen-bond donors (Lipinski definition) is 1. The third-order valence-electron chi connectivity index (χ3n) is 1.86. The highest BCUT2D eigenvalue weighted by molar-refractivity contribution is 5.94. The van der Waals surface area contributed by atoms with E-state index < -0.39 is 11.9 Å². The van der Waals surface area contributed by atoms with Crippen molar-refractivity contribution in [3.63, 3.8) is 0 Å². The van der Waals surface area contributed by atoms with Crippen LogP contribution in [0.5, 0.6) is 0 Å². The summed E-state index contributed by atoms with van der Waals surface area (Å²) in [6.07, 6.45) is 5.07. The summed E-state index contributed by atoms with van der Waals surface area (Å²) >= 11 is 0. The molecule has 0 aliphatic heterocycles. The lowest BCUT2D eigenvalue weighted by Crippen LogP contribution is -2.28. The Morgan fingerprint density at radius 3 is 2.69 bits per heavy atom. The summed E-state index contributed by atoms with van der Waals surface area (Å²) in [6.45, 7) is 0.151. The van der Waals surface area contributed by atoms with Crippen LogP contribution in [-0.4, -0.2) is 40.5 Å². The summed E-state index contributed by atoms with van der Waals surface area (Å²) in [4.78, 5) is 27.3. The minimum atomic E-state index is -1.17. The molecule has 5 heteroatoms. The van der Waals surface area contributed by atoms with E-state index in [1.54, 1.807) is 0 Å². The van der Waals surface area contributed by atoms with Gasteiger partial charge in [-0.2, -0.15) is 0 Å². The molecule has 16 heavy (non-hydrogen) atoms. The normalized spacial score (nSPS) is 9.25. The number of carbonyl (C=O) groups excluding carboxylic acids is 1. The van der Waals surface area contributed by atoms with Gasteiger partial charge in [0.2, 0.25) is 0 Å². The van der Waals surface area contributed by atoms with Gasteiger partial charge in [0.15, 0.2) is 0 Å². The van der Waals surface area contributed by atoms with Gasteiger partial charge >= 0.3 is 5.97 Å². The molecule has 0 atom stereocenters. The van der Waals surface area contributed by atoms with E-state index in [4.69, 9.17) is 11.5 Å². The molecule has 0 saturated heterocycles. The molecule has 0 radical (unpaired) electrons. The second kappa shape index (κ2) is 4.94. The zero-order valence-corrected chi connectivity index (χ0v) is 8.67. The molecule has 5 nitrogen and oxygen atoms in total. The molecule has 0 aromatic carbocycles. The minimum Gasteiger partial charge on any atom is -0.477 e. The van der Waals surface area contributed by atoms with Crippen LogP contribution in [0.25, 0.3) is 0 Å². The van der Waals surface area contributed by atoms with Crippen molar-refractivity contribution >= 4 is 11.9 Å². The Kier molecular flexibility index (Phi) is 3.62. The van der Waals surface area contributed by atoms with Gasteiger partial charge in [0, 0.05) is 7.05 Å². The Bertz CT molecular complexity index is 463. The number of carboxylic acid groups (broad SMARTS) is 1. The average molecular weight is 218 g/mol. The van der Waals surface area contributed by atoms with Crippen molar-refractivity contribution in [2.24, 2.45) is 0 Å². The number of rotatable bonds is 3. The topological polar surface area (TPSA) is 70.5 Å². The molecule has 1 amide bonds. The SMILES string of the molecule is C#CCN(C)C(=O)c1cccc(C(=O)O)n1. The van der Waals surface area contributed by atoms with E-state index in [1.807, 2.05) is 0 Å². The lowest BCUT2D eigenvalue weighted by molar-refractivity contribution is 0.0690. The molecule has 0 aliphatic carbocycles. The fraction of sp³-hybridized carbons (Fsp3) is 0.182. The van der Waals surface area contributed by atoms with Gasteiger partial charge in [0.25, 0.3) is 5.91 Å². The van der Waals surface area contributed by atoms with E-state index in [1.165, 1.54) is 30.1 Å². The first-order valence-electron chi connectivity index (χ1n) is 4.45. The summed E-state index contributed by atoms with van der Waals surface area (Å²) in [5.41, 5.74) is -0.0994. The predicted molar refractivity (Wildman–Crippen MR) is 57.0 cm³/mol. The largest absolute Gasteiger partial charge is 0.477 e. The van der Waals surface area contributed by atoms with E-state index in [0.717, 1.165) is 0 Å². The van der Waals surface area contributed by atoms with E-state index in [2.05, 4.69) is 10.9 Å². The number of nitrogens with zero attached hydrogens (tertiary/aromatic N) is 2. The fourth-order valence-corrected chi connectivity index (χ4v) is 1.08. The van der Waals surface area contributed by atoms with Gasteiger partial charge in [-0.3, -0.25) is 4.79 Å². The zero-order valence-electron chi connectivity index (χ0n) is 8.67. The van der Waals surface area contributed by atoms with Crippen molar-refractivity contribution in [1.29, 1.82) is 0 Å². The molecule has 0 fully saturated rings. The van der Waals surface area contributed by atoms with Crippen LogP contribution >= 0.6 is 0 Å². The third kappa shape index (κ3) is 2.58. The maximum absolute atomic E-state index is 11.7. The molecule has 0 unspecified atom stereocenters. The summed E-state index contributed by atoms with van der Waals surface area (Å²) < 4.78 is 0. The summed E-state index contributed by atoms with van der Waals surface area (Å²) in [5.74, 6) is 0.743. The lowest BCUT2D eigenvalue weighted by Gasteiger charge is -2.12. The Morgan fingerprint density at radius 2 is 2.12 bits per heavy atom. The van der Waals surface area contributed by atoms with Gasteiger partial charge in [0.1, 0.15) is 11.4 Å². The van der Waals surface area contributed by atoms with Crippen LogP contribution in [0, 0.1) is 12.3 Å². The molecule has 1 rings (SSSR count).